The maximum Gasteiger partial charge on any atom is 0.300 e. The van der Waals surface area contributed by atoms with Crippen molar-refractivity contribution >= 4 is 43.4 Å². The summed E-state index contributed by atoms with van der Waals surface area (Å²) in [5, 5.41) is 2.04. The van der Waals surface area contributed by atoms with Crippen LogP contribution in [0.15, 0.2) is 76.0 Å². The molecule has 0 aliphatic carbocycles. The Morgan fingerprint density at radius 1 is 0.929 bits per heavy atom. The highest BCUT2D eigenvalue weighted by molar-refractivity contribution is 7.90. The van der Waals surface area contributed by atoms with E-state index in [9.17, 15) is 13.2 Å². The number of furan rings is 1. The SMILES string of the molecule is CN(C)c1ccc2cc(C(=O)NS(=O)(=O)c3cccc4ccccc34)oc2c1. The molecule has 1 heterocycles. The van der Waals surface area contributed by atoms with Crippen molar-refractivity contribution in [2.75, 3.05) is 19.0 Å². The molecular formula is C21H18N2O4S. The highest BCUT2D eigenvalue weighted by Gasteiger charge is 2.23. The molecule has 1 N–H and O–H groups in total. The number of anilines is 1. The van der Waals surface area contributed by atoms with Crippen molar-refractivity contribution in [3.05, 3.63) is 72.5 Å². The number of nitrogens with zero attached hydrogens (tertiary/aromatic N) is 1. The highest BCUT2D eigenvalue weighted by atomic mass is 32.2. The van der Waals surface area contributed by atoms with Gasteiger partial charge in [0, 0.05) is 36.6 Å². The van der Waals surface area contributed by atoms with Crippen molar-refractivity contribution in [1.82, 2.24) is 4.72 Å². The summed E-state index contributed by atoms with van der Waals surface area (Å²) in [5.41, 5.74) is 1.43. The van der Waals surface area contributed by atoms with Crippen molar-refractivity contribution in [2.45, 2.75) is 4.90 Å². The van der Waals surface area contributed by atoms with E-state index in [2.05, 4.69) is 4.72 Å². The largest absolute Gasteiger partial charge is 0.451 e. The number of hydrogen-bond acceptors (Lipinski definition) is 5. The molecule has 0 saturated carbocycles. The number of benzene rings is 3. The van der Waals surface area contributed by atoms with E-state index in [0.29, 0.717) is 11.0 Å². The Hall–Kier alpha value is -3.32. The van der Waals surface area contributed by atoms with E-state index in [-0.39, 0.29) is 10.7 Å². The third kappa shape index (κ3) is 3.20. The second-order valence-corrected chi connectivity index (χ2v) is 8.29. The van der Waals surface area contributed by atoms with E-state index in [4.69, 9.17) is 4.42 Å². The van der Waals surface area contributed by atoms with Gasteiger partial charge in [0.25, 0.3) is 10.0 Å². The zero-order chi connectivity index (χ0) is 19.9. The third-order valence-electron chi connectivity index (χ3n) is 4.51. The molecule has 0 spiro atoms. The van der Waals surface area contributed by atoms with E-state index in [1.165, 1.54) is 12.1 Å². The summed E-state index contributed by atoms with van der Waals surface area (Å²) >= 11 is 0. The fourth-order valence-electron chi connectivity index (χ4n) is 3.07. The van der Waals surface area contributed by atoms with Crippen LogP contribution in [-0.2, 0) is 10.0 Å². The normalized spacial score (nSPS) is 11.6. The van der Waals surface area contributed by atoms with Gasteiger partial charge in [-0.15, -0.1) is 0 Å². The molecule has 0 atom stereocenters. The molecule has 0 unspecified atom stereocenters. The second-order valence-electron chi connectivity index (χ2n) is 6.64. The van der Waals surface area contributed by atoms with Gasteiger partial charge in [0.15, 0.2) is 5.76 Å². The van der Waals surface area contributed by atoms with Gasteiger partial charge in [0.1, 0.15) is 5.58 Å². The van der Waals surface area contributed by atoms with E-state index in [1.807, 2.05) is 49.3 Å². The lowest BCUT2D eigenvalue weighted by atomic mass is 10.1. The fraction of sp³-hybridized carbons (Fsp3) is 0.0952. The summed E-state index contributed by atoms with van der Waals surface area (Å²) in [5.74, 6) is -0.870. The van der Waals surface area contributed by atoms with Gasteiger partial charge in [-0.25, -0.2) is 13.1 Å². The van der Waals surface area contributed by atoms with Crippen LogP contribution in [0.4, 0.5) is 5.69 Å². The van der Waals surface area contributed by atoms with Crippen molar-refractivity contribution in [3.8, 4) is 0 Å². The molecule has 28 heavy (non-hydrogen) atoms. The molecule has 0 saturated heterocycles. The molecule has 4 aromatic rings. The number of carbonyl (C=O) groups excluding carboxylic acids is 1. The molecular weight excluding hydrogens is 376 g/mol. The number of hydrogen-bond donors (Lipinski definition) is 1. The summed E-state index contributed by atoms with van der Waals surface area (Å²) in [4.78, 5) is 14.5. The average molecular weight is 394 g/mol. The Bertz CT molecular complexity index is 1300. The van der Waals surface area contributed by atoms with Crippen molar-refractivity contribution in [3.63, 3.8) is 0 Å². The molecule has 3 aromatic carbocycles. The number of fused-ring (bicyclic) bond motifs is 2. The summed E-state index contributed by atoms with van der Waals surface area (Å²) in [6, 6.07) is 19.1. The van der Waals surface area contributed by atoms with Crippen LogP contribution in [-0.4, -0.2) is 28.4 Å². The summed E-state index contributed by atoms with van der Waals surface area (Å²) in [6.45, 7) is 0. The number of amides is 1. The minimum Gasteiger partial charge on any atom is -0.451 e. The van der Waals surface area contributed by atoms with E-state index >= 15 is 0 Å². The first-order valence-corrected chi connectivity index (χ1v) is 10.1. The van der Waals surface area contributed by atoms with Crippen LogP contribution < -0.4 is 9.62 Å². The lowest BCUT2D eigenvalue weighted by Crippen LogP contribution is -2.30. The predicted octanol–water partition coefficient (Wildman–Crippen LogP) is 3.77. The molecule has 4 rings (SSSR count). The quantitative estimate of drug-likeness (QED) is 0.570. The number of nitrogens with one attached hydrogen (secondary N) is 1. The molecule has 6 nitrogen and oxygen atoms in total. The molecule has 7 heteroatoms. The molecule has 1 amide bonds. The summed E-state index contributed by atoms with van der Waals surface area (Å²) in [7, 11) is -0.266. The minimum atomic E-state index is -4.06. The predicted molar refractivity (Wildman–Crippen MR) is 109 cm³/mol. The van der Waals surface area contributed by atoms with Gasteiger partial charge in [0.2, 0.25) is 0 Å². The first-order valence-electron chi connectivity index (χ1n) is 8.61. The van der Waals surface area contributed by atoms with Gasteiger partial charge < -0.3 is 9.32 Å². The van der Waals surface area contributed by atoms with Crippen LogP contribution in [0.1, 0.15) is 10.6 Å². The maximum atomic E-state index is 12.8. The van der Waals surface area contributed by atoms with Crippen LogP contribution >= 0.6 is 0 Å². The van der Waals surface area contributed by atoms with Crippen LogP contribution in [0.2, 0.25) is 0 Å². The average Bonchev–Trinajstić information content (AvgIpc) is 3.10. The van der Waals surface area contributed by atoms with E-state index in [1.54, 1.807) is 24.3 Å². The van der Waals surface area contributed by atoms with Crippen molar-refractivity contribution in [2.24, 2.45) is 0 Å². The zero-order valence-electron chi connectivity index (χ0n) is 15.3. The molecule has 0 aliphatic rings. The Labute approximate surface area is 162 Å². The van der Waals surface area contributed by atoms with Crippen LogP contribution in [0.5, 0.6) is 0 Å². The topological polar surface area (TPSA) is 79.6 Å². The minimum absolute atomic E-state index is 0.0463. The van der Waals surface area contributed by atoms with Crippen molar-refractivity contribution < 1.29 is 17.6 Å². The molecule has 0 bridgehead atoms. The Morgan fingerprint density at radius 3 is 2.46 bits per heavy atom. The highest BCUT2D eigenvalue weighted by Crippen LogP contribution is 2.26. The molecule has 1 aromatic heterocycles. The van der Waals surface area contributed by atoms with Crippen LogP contribution in [0.3, 0.4) is 0 Å². The van der Waals surface area contributed by atoms with Gasteiger partial charge in [-0.1, -0.05) is 36.4 Å². The van der Waals surface area contributed by atoms with Gasteiger partial charge in [0.05, 0.1) is 4.90 Å². The summed E-state index contributed by atoms with van der Waals surface area (Å²) < 4.78 is 33.3. The Morgan fingerprint density at radius 2 is 1.68 bits per heavy atom. The lowest BCUT2D eigenvalue weighted by Gasteiger charge is -2.11. The third-order valence-corrected chi connectivity index (χ3v) is 5.90. The first kappa shape index (κ1) is 18.1. The van der Waals surface area contributed by atoms with Crippen LogP contribution in [0, 0.1) is 0 Å². The maximum absolute atomic E-state index is 12.8. The number of carbonyl (C=O) groups is 1. The smallest absolute Gasteiger partial charge is 0.300 e. The first-order chi connectivity index (χ1) is 13.3. The standard InChI is InChI=1S/C21H18N2O4S/c1-23(2)16-11-10-15-12-19(27-18(15)13-16)21(24)22-28(25,26)20-9-5-7-14-6-3-4-8-17(14)20/h3-13H,1-2H3,(H,22,24). The monoisotopic (exact) mass is 394 g/mol. The van der Waals surface area contributed by atoms with Gasteiger partial charge >= 0.3 is 5.91 Å². The molecule has 0 fully saturated rings. The van der Waals surface area contributed by atoms with Gasteiger partial charge in [-0.2, -0.15) is 0 Å². The lowest BCUT2D eigenvalue weighted by molar-refractivity contribution is 0.0956. The second kappa shape index (κ2) is 6.69. The molecule has 0 aliphatic heterocycles. The zero-order valence-corrected chi connectivity index (χ0v) is 16.2. The van der Waals surface area contributed by atoms with E-state index < -0.39 is 15.9 Å². The van der Waals surface area contributed by atoms with Gasteiger partial charge in [-0.3, -0.25) is 4.79 Å². The summed E-state index contributed by atoms with van der Waals surface area (Å²) in [6.07, 6.45) is 0. The Balaban J connectivity index is 1.68. The fourth-order valence-corrected chi connectivity index (χ4v) is 4.25. The van der Waals surface area contributed by atoms with Crippen molar-refractivity contribution in [1.29, 1.82) is 0 Å². The number of sulfonamides is 1. The molecule has 142 valence electrons. The molecule has 0 radical (unpaired) electrons. The van der Waals surface area contributed by atoms with E-state index in [0.717, 1.165) is 16.5 Å². The Kier molecular flexibility index (Phi) is 4.31. The van der Waals surface area contributed by atoms with Gasteiger partial charge in [-0.05, 0) is 29.7 Å². The number of rotatable bonds is 4. The van der Waals surface area contributed by atoms with Crippen LogP contribution in [0.25, 0.3) is 21.7 Å².